The van der Waals surface area contributed by atoms with Crippen molar-refractivity contribution in [2.45, 2.75) is 12.8 Å². The van der Waals surface area contributed by atoms with Crippen LogP contribution in [0.15, 0.2) is 42.6 Å². The lowest BCUT2D eigenvalue weighted by Crippen LogP contribution is -2.19. The number of aromatic amines is 1. The molecule has 5 nitrogen and oxygen atoms in total. The van der Waals surface area contributed by atoms with Gasteiger partial charge in [0.05, 0.1) is 23.0 Å². The summed E-state index contributed by atoms with van der Waals surface area (Å²) in [4.78, 5) is 14.5. The van der Waals surface area contributed by atoms with E-state index in [1.807, 2.05) is 11.0 Å². The van der Waals surface area contributed by atoms with Crippen molar-refractivity contribution in [3.63, 3.8) is 0 Å². The molecule has 2 heterocycles. The number of carbonyl (C=O) groups is 1. The van der Waals surface area contributed by atoms with E-state index in [9.17, 15) is 9.18 Å². The molecule has 1 aromatic heterocycles. The molecule has 122 valence electrons. The van der Waals surface area contributed by atoms with Crippen LogP contribution in [0.25, 0.3) is 10.9 Å². The summed E-state index contributed by atoms with van der Waals surface area (Å²) in [5.41, 5.74) is 2.19. The number of hydrogen-bond acceptors (Lipinski definition) is 3. The van der Waals surface area contributed by atoms with E-state index in [1.54, 1.807) is 30.5 Å². The number of para-hydroxylation sites is 1. The van der Waals surface area contributed by atoms with Crippen LogP contribution < -0.4 is 10.2 Å². The summed E-state index contributed by atoms with van der Waals surface area (Å²) in [6.07, 6.45) is 3.84. The highest BCUT2D eigenvalue weighted by Gasteiger charge is 2.17. The molecule has 1 amide bonds. The van der Waals surface area contributed by atoms with E-state index in [0.29, 0.717) is 22.5 Å². The third-order valence-corrected chi connectivity index (χ3v) is 4.37. The van der Waals surface area contributed by atoms with E-state index < -0.39 is 0 Å². The largest absolute Gasteiger partial charge is 0.369 e. The Morgan fingerprint density at radius 2 is 2.04 bits per heavy atom. The fraction of sp³-hybridized carbons (Fsp3) is 0.222. The van der Waals surface area contributed by atoms with Gasteiger partial charge >= 0.3 is 0 Å². The molecule has 0 unspecified atom stereocenters. The molecule has 4 rings (SSSR count). The fourth-order valence-electron chi connectivity index (χ4n) is 3.16. The predicted molar refractivity (Wildman–Crippen MR) is 91.9 cm³/mol. The second-order valence-corrected chi connectivity index (χ2v) is 5.95. The Morgan fingerprint density at radius 3 is 2.83 bits per heavy atom. The minimum Gasteiger partial charge on any atom is -0.369 e. The van der Waals surface area contributed by atoms with Gasteiger partial charge in [-0.05, 0) is 37.1 Å². The molecule has 0 spiro atoms. The first-order valence-electron chi connectivity index (χ1n) is 8.00. The Bertz CT molecular complexity index is 899. The van der Waals surface area contributed by atoms with Crippen LogP contribution in [0.3, 0.4) is 0 Å². The maximum Gasteiger partial charge on any atom is 0.257 e. The second kappa shape index (κ2) is 5.96. The fourth-order valence-corrected chi connectivity index (χ4v) is 3.16. The molecule has 3 aromatic rings. The van der Waals surface area contributed by atoms with Crippen LogP contribution in [0.5, 0.6) is 0 Å². The van der Waals surface area contributed by atoms with Crippen LogP contribution in [0.2, 0.25) is 0 Å². The average Bonchev–Trinajstić information content (AvgIpc) is 3.26. The van der Waals surface area contributed by atoms with Crippen molar-refractivity contribution >= 4 is 28.2 Å². The zero-order valence-electron chi connectivity index (χ0n) is 13.1. The Hall–Kier alpha value is -2.89. The van der Waals surface area contributed by atoms with E-state index in [4.69, 9.17) is 0 Å². The summed E-state index contributed by atoms with van der Waals surface area (Å²) >= 11 is 0. The van der Waals surface area contributed by atoms with E-state index in [-0.39, 0.29) is 11.7 Å². The maximum atomic E-state index is 14.3. The summed E-state index contributed by atoms with van der Waals surface area (Å²) in [6.45, 7) is 1.76. The van der Waals surface area contributed by atoms with Crippen LogP contribution >= 0.6 is 0 Å². The topological polar surface area (TPSA) is 61.0 Å². The van der Waals surface area contributed by atoms with Gasteiger partial charge in [0.25, 0.3) is 5.91 Å². The van der Waals surface area contributed by atoms with Gasteiger partial charge in [0.15, 0.2) is 0 Å². The number of halogens is 1. The first-order valence-corrected chi connectivity index (χ1v) is 8.00. The van der Waals surface area contributed by atoms with Crippen LogP contribution in [0.1, 0.15) is 23.2 Å². The van der Waals surface area contributed by atoms with Crippen LogP contribution in [-0.2, 0) is 0 Å². The van der Waals surface area contributed by atoms with Crippen molar-refractivity contribution < 1.29 is 9.18 Å². The number of amides is 1. The lowest BCUT2D eigenvalue weighted by atomic mass is 10.1. The van der Waals surface area contributed by atoms with Crippen LogP contribution in [-0.4, -0.2) is 29.2 Å². The highest BCUT2D eigenvalue weighted by molar-refractivity contribution is 6.11. The van der Waals surface area contributed by atoms with Crippen molar-refractivity contribution in [1.29, 1.82) is 0 Å². The molecule has 1 aliphatic rings. The number of rotatable bonds is 3. The summed E-state index contributed by atoms with van der Waals surface area (Å²) in [6, 6.07) is 10.2. The first-order chi connectivity index (χ1) is 11.7. The quantitative estimate of drug-likeness (QED) is 0.774. The average molecular weight is 324 g/mol. The lowest BCUT2D eigenvalue weighted by molar-refractivity contribution is 0.102. The van der Waals surface area contributed by atoms with E-state index in [0.717, 1.165) is 31.3 Å². The molecule has 24 heavy (non-hydrogen) atoms. The molecule has 1 aliphatic heterocycles. The number of nitrogens with one attached hydrogen (secondary N) is 2. The third kappa shape index (κ3) is 2.60. The molecular formula is C18H17FN4O. The SMILES string of the molecule is O=C(Nc1ccc(N2CCCC2)c(F)c1)c1cccc2cn[nH]c12. The summed E-state index contributed by atoms with van der Waals surface area (Å²) in [5, 5.41) is 10.4. The highest BCUT2D eigenvalue weighted by Crippen LogP contribution is 2.26. The van der Waals surface area contributed by atoms with Crippen LogP contribution in [0, 0.1) is 5.82 Å². The van der Waals surface area contributed by atoms with Gasteiger partial charge in [-0.15, -0.1) is 0 Å². The van der Waals surface area contributed by atoms with E-state index in [1.165, 1.54) is 6.07 Å². The summed E-state index contributed by atoms with van der Waals surface area (Å²) < 4.78 is 14.3. The molecule has 2 N–H and O–H groups in total. The molecule has 1 saturated heterocycles. The van der Waals surface area contributed by atoms with Gasteiger partial charge in [-0.2, -0.15) is 5.10 Å². The number of fused-ring (bicyclic) bond motifs is 1. The number of hydrogen-bond donors (Lipinski definition) is 2. The Balaban J connectivity index is 1.57. The summed E-state index contributed by atoms with van der Waals surface area (Å²) in [5.74, 6) is -0.604. The monoisotopic (exact) mass is 324 g/mol. The molecule has 0 bridgehead atoms. The third-order valence-electron chi connectivity index (χ3n) is 4.37. The number of carbonyl (C=O) groups excluding carboxylic acids is 1. The van der Waals surface area contributed by atoms with Crippen molar-refractivity contribution in [2.75, 3.05) is 23.3 Å². The normalized spacial score (nSPS) is 14.3. The number of anilines is 2. The van der Waals surface area contributed by atoms with Gasteiger partial charge in [0.1, 0.15) is 5.82 Å². The minimum atomic E-state index is -0.311. The standard InChI is InChI=1S/C18H17FN4O/c19-15-10-13(6-7-16(15)23-8-1-2-9-23)21-18(24)14-5-3-4-12-11-20-22-17(12)14/h3-7,10-11H,1-2,8-9H2,(H,20,22)(H,21,24). The van der Waals surface area contributed by atoms with Crippen molar-refractivity contribution in [1.82, 2.24) is 10.2 Å². The van der Waals surface area contributed by atoms with Crippen molar-refractivity contribution in [2.24, 2.45) is 0 Å². The van der Waals surface area contributed by atoms with Gasteiger partial charge in [0, 0.05) is 24.2 Å². The molecule has 0 radical (unpaired) electrons. The van der Waals surface area contributed by atoms with Gasteiger partial charge in [-0.3, -0.25) is 9.89 Å². The lowest BCUT2D eigenvalue weighted by Gasteiger charge is -2.18. The number of H-pyrrole nitrogens is 1. The Labute approximate surface area is 138 Å². The van der Waals surface area contributed by atoms with Crippen LogP contribution in [0.4, 0.5) is 15.8 Å². The van der Waals surface area contributed by atoms with Crippen molar-refractivity contribution in [3.8, 4) is 0 Å². The van der Waals surface area contributed by atoms with Gasteiger partial charge in [-0.25, -0.2) is 4.39 Å². The maximum absolute atomic E-state index is 14.3. The number of nitrogens with zero attached hydrogens (tertiary/aromatic N) is 2. The van der Waals surface area contributed by atoms with Gasteiger partial charge < -0.3 is 10.2 Å². The smallest absolute Gasteiger partial charge is 0.257 e. The second-order valence-electron chi connectivity index (χ2n) is 5.95. The molecular weight excluding hydrogens is 307 g/mol. The molecule has 6 heteroatoms. The Kier molecular flexibility index (Phi) is 3.65. The molecule has 0 aliphatic carbocycles. The molecule has 0 saturated carbocycles. The zero-order valence-corrected chi connectivity index (χ0v) is 13.1. The molecule has 0 atom stereocenters. The van der Waals surface area contributed by atoms with Crippen molar-refractivity contribution in [3.05, 3.63) is 54.0 Å². The van der Waals surface area contributed by atoms with E-state index in [2.05, 4.69) is 15.5 Å². The minimum absolute atomic E-state index is 0.293. The van der Waals surface area contributed by atoms with E-state index >= 15 is 0 Å². The molecule has 2 aromatic carbocycles. The van der Waals surface area contributed by atoms with Gasteiger partial charge in [0.2, 0.25) is 0 Å². The Morgan fingerprint density at radius 1 is 1.21 bits per heavy atom. The summed E-state index contributed by atoms with van der Waals surface area (Å²) in [7, 11) is 0. The number of benzene rings is 2. The molecule has 1 fully saturated rings. The first kappa shape index (κ1) is 14.7. The van der Waals surface area contributed by atoms with Gasteiger partial charge in [-0.1, -0.05) is 12.1 Å². The predicted octanol–water partition coefficient (Wildman–Crippen LogP) is 3.55. The number of aromatic nitrogens is 2. The zero-order chi connectivity index (χ0) is 16.5. The highest BCUT2D eigenvalue weighted by atomic mass is 19.1.